The Morgan fingerprint density at radius 3 is 2.60 bits per heavy atom. The van der Waals surface area contributed by atoms with E-state index in [1.54, 1.807) is 18.3 Å². The number of H-pyrrole nitrogens is 1. The highest BCUT2D eigenvalue weighted by Gasteiger charge is 2.34. The number of phenolic OH excluding ortho intramolecular Hbond substituents is 1. The lowest BCUT2D eigenvalue weighted by atomic mass is 9.94. The number of nitrogens with one attached hydrogen (secondary N) is 1. The van der Waals surface area contributed by atoms with E-state index in [0.29, 0.717) is 17.7 Å². The summed E-state index contributed by atoms with van der Waals surface area (Å²) < 4.78 is 0. The molecule has 1 unspecified atom stereocenters. The lowest BCUT2D eigenvalue weighted by Gasteiger charge is -2.20. The monoisotopic (exact) mass is 396 g/mol. The van der Waals surface area contributed by atoms with Gasteiger partial charge in [0.1, 0.15) is 5.75 Å². The van der Waals surface area contributed by atoms with Crippen LogP contribution in [0.25, 0.3) is 22.0 Å². The Hall–Kier alpha value is -3.93. The highest BCUT2D eigenvalue weighted by molar-refractivity contribution is 6.12. The van der Waals surface area contributed by atoms with Crippen LogP contribution in [-0.2, 0) is 4.79 Å². The van der Waals surface area contributed by atoms with Gasteiger partial charge in [0, 0.05) is 30.0 Å². The molecule has 0 aliphatic carbocycles. The Morgan fingerprint density at radius 1 is 1.03 bits per heavy atom. The zero-order valence-corrected chi connectivity index (χ0v) is 16.4. The molecule has 2 heterocycles. The standard InChI is InChI=1S/C24H20N4O2/c1-15(29)28-22(20-14-25-26-24(20)19-10-4-5-12-23(19)30)13-21(27-28)18-11-6-8-16-7-2-3-9-17(16)18/h2-12,14,22,30H,13H2,1H3,(H,25,26). The van der Waals surface area contributed by atoms with Crippen molar-refractivity contribution in [1.29, 1.82) is 0 Å². The molecule has 6 nitrogen and oxygen atoms in total. The van der Waals surface area contributed by atoms with Crippen molar-refractivity contribution in [2.24, 2.45) is 5.10 Å². The summed E-state index contributed by atoms with van der Waals surface area (Å²) in [6.07, 6.45) is 2.28. The van der Waals surface area contributed by atoms with Gasteiger partial charge in [-0.25, -0.2) is 5.01 Å². The number of hydrazone groups is 1. The van der Waals surface area contributed by atoms with Crippen LogP contribution in [0.5, 0.6) is 5.75 Å². The number of amides is 1. The SMILES string of the molecule is CC(=O)N1N=C(c2cccc3ccccc23)CC1c1cn[nH]c1-c1ccccc1O. The molecule has 1 aliphatic rings. The van der Waals surface area contributed by atoms with Crippen molar-refractivity contribution < 1.29 is 9.90 Å². The van der Waals surface area contributed by atoms with Crippen LogP contribution in [0.3, 0.4) is 0 Å². The van der Waals surface area contributed by atoms with E-state index in [9.17, 15) is 9.90 Å². The van der Waals surface area contributed by atoms with Crippen molar-refractivity contribution in [3.63, 3.8) is 0 Å². The minimum atomic E-state index is -0.301. The van der Waals surface area contributed by atoms with Crippen LogP contribution in [0.4, 0.5) is 0 Å². The molecule has 1 aromatic heterocycles. The summed E-state index contributed by atoms with van der Waals surface area (Å²) in [7, 11) is 0. The van der Waals surface area contributed by atoms with E-state index in [4.69, 9.17) is 5.10 Å². The maximum absolute atomic E-state index is 12.4. The van der Waals surface area contributed by atoms with E-state index in [-0.39, 0.29) is 17.7 Å². The lowest BCUT2D eigenvalue weighted by molar-refractivity contribution is -0.130. The fourth-order valence-corrected chi connectivity index (χ4v) is 4.13. The summed E-state index contributed by atoms with van der Waals surface area (Å²) in [5.41, 5.74) is 4.04. The summed E-state index contributed by atoms with van der Waals surface area (Å²) in [5.74, 6) is 0.0187. The van der Waals surface area contributed by atoms with Crippen LogP contribution in [0.2, 0.25) is 0 Å². The van der Waals surface area contributed by atoms with Gasteiger partial charge in [-0.2, -0.15) is 10.2 Å². The van der Waals surface area contributed by atoms with E-state index in [1.807, 2.05) is 36.4 Å². The quantitative estimate of drug-likeness (QED) is 0.530. The summed E-state index contributed by atoms with van der Waals surface area (Å²) in [5, 5.41) is 26.0. The third-order valence-corrected chi connectivity index (χ3v) is 5.53. The molecule has 148 valence electrons. The number of nitrogens with zero attached hydrogens (tertiary/aromatic N) is 3. The molecule has 1 atom stereocenters. The Bertz CT molecular complexity index is 1290. The maximum Gasteiger partial charge on any atom is 0.240 e. The number of para-hydroxylation sites is 1. The van der Waals surface area contributed by atoms with Crippen LogP contribution >= 0.6 is 0 Å². The van der Waals surface area contributed by atoms with Crippen LogP contribution in [0, 0.1) is 0 Å². The average molecular weight is 396 g/mol. The first-order valence-corrected chi connectivity index (χ1v) is 9.80. The first-order valence-electron chi connectivity index (χ1n) is 9.80. The number of benzene rings is 3. The highest BCUT2D eigenvalue weighted by atomic mass is 16.3. The van der Waals surface area contributed by atoms with Gasteiger partial charge in [0.2, 0.25) is 5.91 Å². The lowest BCUT2D eigenvalue weighted by Crippen LogP contribution is -2.24. The van der Waals surface area contributed by atoms with Crippen LogP contribution in [0.1, 0.15) is 30.5 Å². The van der Waals surface area contributed by atoms with Crippen molar-refractivity contribution in [3.8, 4) is 17.0 Å². The molecule has 0 radical (unpaired) electrons. The second-order valence-corrected chi connectivity index (χ2v) is 7.37. The number of rotatable bonds is 3. The van der Waals surface area contributed by atoms with E-state index in [2.05, 4.69) is 28.4 Å². The third-order valence-electron chi connectivity index (χ3n) is 5.53. The molecule has 6 heteroatoms. The van der Waals surface area contributed by atoms with Gasteiger partial charge in [-0.3, -0.25) is 9.89 Å². The number of carbonyl (C=O) groups excluding carboxylic acids is 1. The average Bonchev–Trinajstić information content (AvgIpc) is 3.41. The summed E-state index contributed by atoms with van der Waals surface area (Å²) in [4.78, 5) is 12.4. The van der Waals surface area contributed by atoms with Gasteiger partial charge in [0.25, 0.3) is 0 Å². The summed E-state index contributed by atoms with van der Waals surface area (Å²) >= 11 is 0. The molecular weight excluding hydrogens is 376 g/mol. The number of carbonyl (C=O) groups is 1. The molecule has 0 bridgehead atoms. The fourth-order valence-electron chi connectivity index (χ4n) is 4.13. The maximum atomic E-state index is 12.4. The van der Waals surface area contributed by atoms with Gasteiger partial charge in [0.15, 0.2) is 0 Å². The molecule has 1 aliphatic heterocycles. The van der Waals surface area contributed by atoms with Gasteiger partial charge in [-0.05, 0) is 22.9 Å². The molecule has 2 N–H and O–H groups in total. The largest absolute Gasteiger partial charge is 0.507 e. The van der Waals surface area contributed by atoms with Gasteiger partial charge in [0.05, 0.1) is 23.6 Å². The second kappa shape index (κ2) is 7.15. The summed E-state index contributed by atoms with van der Waals surface area (Å²) in [6, 6.07) is 21.1. The van der Waals surface area contributed by atoms with E-state index in [0.717, 1.165) is 27.6 Å². The first kappa shape index (κ1) is 18.1. The Balaban J connectivity index is 1.59. The predicted molar refractivity (Wildman–Crippen MR) is 116 cm³/mol. The molecule has 0 saturated heterocycles. The van der Waals surface area contributed by atoms with Gasteiger partial charge in [-0.1, -0.05) is 54.6 Å². The third kappa shape index (κ3) is 2.93. The van der Waals surface area contributed by atoms with Crippen molar-refractivity contribution in [2.45, 2.75) is 19.4 Å². The number of phenols is 1. The minimum absolute atomic E-state index is 0.139. The molecule has 4 aromatic rings. The van der Waals surface area contributed by atoms with Gasteiger partial charge < -0.3 is 5.11 Å². The van der Waals surface area contributed by atoms with Crippen molar-refractivity contribution in [2.75, 3.05) is 0 Å². The molecular formula is C24H20N4O2. The van der Waals surface area contributed by atoms with E-state index < -0.39 is 0 Å². The van der Waals surface area contributed by atoms with Gasteiger partial charge >= 0.3 is 0 Å². The predicted octanol–water partition coefficient (Wildman–Crippen LogP) is 4.63. The Labute approximate surface area is 173 Å². The van der Waals surface area contributed by atoms with Crippen LogP contribution in [0.15, 0.2) is 78.0 Å². The minimum Gasteiger partial charge on any atom is -0.507 e. The fraction of sp³-hybridized carbons (Fsp3) is 0.125. The molecule has 0 fully saturated rings. The number of aromatic nitrogens is 2. The number of aromatic amines is 1. The van der Waals surface area contributed by atoms with Gasteiger partial charge in [-0.15, -0.1) is 0 Å². The van der Waals surface area contributed by atoms with E-state index >= 15 is 0 Å². The zero-order valence-electron chi connectivity index (χ0n) is 16.4. The van der Waals surface area contributed by atoms with Crippen molar-refractivity contribution >= 4 is 22.4 Å². The molecule has 0 saturated carbocycles. The Kier molecular flexibility index (Phi) is 4.32. The smallest absolute Gasteiger partial charge is 0.240 e. The highest BCUT2D eigenvalue weighted by Crippen LogP contribution is 2.40. The first-order chi connectivity index (χ1) is 14.6. The summed E-state index contributed by atoms with van der Waals surface area (Å²) in [6.45, 7) is 1.52. The van der Waals surface area contributed by atoms with Crippen LogP contribution in [-0.4, -0.2) is 31.9 Å². The molecule has 30 heavy (non-hydrogen) atoms. The topological polar surface area (TPSA) is 81.6 Å². The number of hydrogen-bond donors (Lipinski definition) is 2. The molecule has 5 rings (SSSR count). The normalized spacial score (nSPS) is 16.1. The number of fused-ring (bicyclic) bond motifs is 1. The Morgan fingerprint density at radius 2 is 1.77 bits per heavy atom. The van der Waals surface area contributed by atoms with Crippen molar-refractivity contribution in [3.05, 3.63) is 84.1 Å². The molecule has 3 aromatic carbocycles. The molecule has 0 spiro atoms. The zero-order chi connectivity index (χ0) is 20.7. The van der Waals surface area contributed by atoms with Crippen LogP contribution < -0.4 is 0 Å². The number of aromatic hydroxyl groups is 1. The molecule has 1 amide bonds. The van der Waals surface area contributed by atoms with E-state index in [1.165, 1.54) is 11.9 Å². The number of hydrogen-bond acceptors (Lipinski definition) is 4. The second-order valence-electron chi connectivity index (χ2n) is 7.37. The van der Waals surface area contributed by atoms with Crippen molar-refractivity contribution in [1.82, 2.24) is 15.2 Å².